The number of aliphatic carboxylic acids is 1. The van der Waals surface area contributed by atoms with Gasteiger partial charge in [0.25, 0.3) is 0 Å². The van der Waals surface area contributed by atoms with Gasteiger partial charge in [-0.25, -0.2) is 0 Å². The van der Waals surface area contributed by atoms with Gasteiger partial charge in [0.05, 0.1) is 12.2 Å². The van der Waals surface area contributed by atoms with Crippen molar-refractivity contribution in [1.29, 1.82) is 0 Å². The van der Waals surface area contributed by atoms with Crippen molar-refractivity contribution in [2.24, 2.45) is 0 Å². The molecule has 0 saturated carbocycles. The van der Waals surface area contributed by atoms with Crippen LogP contribution in [0.2, 0.25) is 0 Å². The highest BCUT2D eigenvalue weighted by Crippen LogP contribution is 2.15. The molecule has 0 bridgehead atoms. The summed E-state index contributed by atoms with van der Waals surface area (Å²) in [6, 6.07) is -0.602. The van der Waals surface area contributed by atoms with Gasteiger partial charge in [0, 0.05) is 27.2 Å². The minimum Gasteiger partial charge on any atom is -0.480 e. The van der Waals surface area contributed by atoms with Gasteiger partial charge in [-0.3, -0.25) is 4.79 Å². The van der Waals surface area contributed by atoms with E-state index < -0.39 is 17.6 Å². The number of hydrogen-bond donors (Lipinski definition) is 2. The molecule has 0 heterocycles. The second kappa shape index (κ2) is 6.76. The average Bonchev–Trinajstić information content (AvgIpc) is 2.16. The number of carboxylic acids is 1. The van der Waals surface area contributed by atoms with Crippen LogP contribution in [-0.2, 0) is 14.3 Å². The summed E-state index contributed by atoms with van der Waals surface area (Å²) in [5.41, 5.74) is -0.441. The molecule has 1 atom stereocenters. The summed E-state index contributed by atoms with van der Waals surface area (Å²) in [5, 5.41) is 11.9. The SMILES string of the molecule is COCCNC(CC(C)(C)OC)C(=O)O. The largest absolute Gasteiger partial charge is 0.480 e. The van der Waals surface area contributed by atoms with E-state index in [1.54, 1.807) is 14.2 Å². The molecule has 0 aromatic rings. The maximum absolute atomic E-state index is 10.9. The molecule has 1 unspecified atom stereocenters. The molecule has 0 aliphatic heterocycles. The molecule has 0 aromatic carbocycles. The summed E-state index contributed by atoms with van der Waals surface area (Å²) in [4.78, 5) is 10.9. The Morgan fingerprint density at radius 2 is 2.07 bits per heavy atom. The maximum Gasteiger partial charge on any atom is 0.320 e. The third-order valence-corrected chi connectivity index (χ3v) is 2.24. The smallest absolute Gasteiger partial charge is 0.320 e. The van der Waals surface area contributed by atoms with Crippen LogP contribution in [0.3, 0.4) is 0 Å². The van der Waals surface area contributed by atoms with Crippen LogP contribution in [0.15, 0.2) is 0 Å². The molecule has 15 heavy (non-hydrogen) atoms. The molecule has 0 aromatic heterocycles. The molecule has 2 N–H and O–H groups in total. The minimum absolute atomic E-state index is 0.419. The molecule has 0 aliphatic rings. The Hall–Kier alpha value is -0.650. The highest BCUT2D eigenvalue weighted by Gasteiger charge is 2.26. The van der Waals surface area contributed by atoms with Crippen LogP contribution in [-0.4, -0.2) is 50.1 Å². The average molecular weight is 219 g/mol. The first-order valence-electron chi connectivity index (χ1n) is 4.93. The highest BCUT2D eigenvalue weighted by atomic mass is 16.5. The van der Waals surface area contributed by atoms with Crippen molar-refractivity contribution in [3.8, 4) is 0 Å². The van der Waals surface area contributed by atoms with E-state index in [4.69, 9.17) is 14.6 Å². The first-order chi connectivity index (χ1) is 6.93. The van der Waals surface area contributed by atoms with Gasteiger partial charge in [0.1, 0.15) is 6.04 Å². The second-order valence-electron chi connectivity index (χ2n) is 4.01. The third-order valence-electron chi connectivity index (χ3n) is 2.24. The summed E-state index contributed by atoms with van der Waals surface area (Å²) < 4.78 is 10.0. The van der Waals surface area contributed by atoms with E-state index in [0.717, 1.165) is 0 Å². The van der Waals surface area contributed by atoms with Gasteiger partial charge in [-0.15, -0.1) is 0 Å². The van der Waals surface area contributed by atoms with Crippen molar-refractivity contribution in [1.82, 2.24) is 5.32 Å². The van der Waals surface area contributed by atoms with Crippen molar-refractivity contribution >= 4 is 5.97 Å². The van der Waals surface area contributed by atoms with Crippen LogP contribution < -0.4 is 5.32 Å². The summed E-state index contributed by atoms with van der Waals surface area (Å²) in [6.45, 7) is 4.74. The van der Waals surface area contributed by atoms with Crippen LogP contribution in [0.4, 0.5) is 0 Å². The Labute approximate surface area is 90.8 Å². The van der Waals surface area contributed by atoms with Crippen molar-refractivity contribution in [2.75, 3.05) is 27.4 Å². The van der Waals surface area contributed by atoms with Crippen molar-refractivity contribution in [2.45, 2.75) is 31.9 Å². The fourth-order valence-electron chi connectivity index (χ4n) is 1.16. The number of ether oxygens (including phenoxy) is 2. The normalized spacial score (nSPS) is 13.9. The van der Waals surface area contributed by atoms with Gasteiger partial charge in [0.15, 0.2) is 0 Å². The summed E-state index contributed by atoms with van der Waals surface area (Å²) in [5.74, 6) is -0.865. The van der Waals surface area contributed by atoms with E-state index in [1.807, 2.05) is 13.8 Å². The molecule has 0 radical (unpaired) electrons. The number of rotatable bonds is 8. The lowest BCUT2D eigenvalue weighted by atomic mass is 9.99. The Balaban J connectivity index is 4.10. The fraction of sp³-hybridized carbons (Fsp3) is 0.900. The lowest BCUT2D eigenvalue weighted by molar-refractivity contribution is -0.141. The zero-order valence-corrected chi connectivity index (χ0v) is 9.87. The second-order valence-corrected chi connectivity index (χ2v) is 4.01. The third kappa shape index (κ3) is 6.43. The number of methoxy groups -OCH3 is 2. The van der Waals surface area contributed by atoms with E-state index in [1.165, 1.54) is 0 Å². The number of carbonyl (C=O) groups is 1. The first kappa shape index (κ1) is 14.3. The molecule has 0 rings (SSSR count). The summed E-state index contributed by atoms with van der Waals surface area (Å²) >= 11 is 0. The van der Waals surface area contributed by atoms with Gasteiger partial charge in [-0.2, -0.15) is 0 Å². The lowest BCUT2D eigenvalue weighted by Gasteiger charge is -2.26. The highest BCUT2D eigenvalue weighted by molar-refractivity contribution is 5.73. The van der Waals surface area contributed by atoms with Gasteiger partial charge in [0.2, 0.25) is 0 Å². The molecule has 0 spiro atoms. The number of hydrogen-bond acceptors (Lipinski definition) is 4. The predicted molar refractivity (Wildman–Crippen MR) is 57.0 cm³/mol. The first-order valence-corrected chi connectivity index (χ1v) is 4.93. The number of carboxylic acid groups (broad SMARTS) is 1. The minimum atomic E-state index is -0.865. The standard InChI is InChI=1S/C10H21NO4/c1-10(2,15-4)7-8(9(12)13)11-5-6-14-3/h8,11H,5-7H2,1-4H3,(H,12,13). The van der Waals surface area contributed by atoms with Crippen LogP contribution in [0, 0.1) is 0 Å². The lowest BCUT2D eigenvalue weighted by Crippen LogP contribution is -2.44. The Morgan fingerprint density at radius 3 is 2.47 bits per heavy atom. The zero-order chi connectivity index (χ0) is 11.9. The van der Waals surface area contributed by atoms with E-state index >= 15 is 0 Å². The topological polar surface area (TPSA) is 67.8 Å². The fourth-order valence-corrected chi connectivity index (χ4v) is 1.16. The van der Waals surface area contributed by atoms with Crippen molar-refractivity contribution in [3.63, 3.8) is 0 Å². The maximum atomic E-state index is 10.9. The molecular formula is C10H21NO4. The van der Waals surface area contributed by atoms with Gasteiger partial charge in [-0.05, 0) is 13.8 Å². The Kier molecular flexibility index (Phi) is 6.47. The van der Waals surface area contributed by atoms with Crippen LogP contribution in [0.5, 0.6) is 0 Å². The van der Waals surface area contributed by atoms with E-state index in [9.17, 15) is 4.79 Å². The van der Waals surface area contributed by atoms with Crippen LogP contribution >= 0.6 is 0 Å². The Bertz CT molecular complexity index is 194. The van der Waals surface area contributed by atoms with Gasteiger partial charge >= 0.3 is 5.97 Å². The van der Waals surface area contributed by atoms with Gasteiger partial charge < -0.3 is 19.9 Å². The van der Waals surface area contributed by atoms with E-state index in [-0.39, 0.29) is 0 Å². The molecule has 0 saturated heterocycles. The molecular weight excluding hydrogens is 198 g/mol. The molecule has 5 nitrogen and oxygen atoms in total. The van der Waals surface area contributed by atoms with E-state index in [2.05, 4.69) is 5.32 Å². The molecule has 0 amide bonds. The Morgan fingerprint density at radius 1 is 1.47 bits per heavy atom. The quantitative estimate of drug-likeness (QED) is 0.582. The molecule has 90 valence electrons. The van der Waals surface area contributed by atoms with Crippen molar-refractivity contribution in [3.05, 3.63) is 0 Å². The zero-order valence-electron chi connectivity index (χ0n) is 9.87. The number of nitrogens with one attached hydrogen (secondary N) is 1. The monoisotopic (exact) mass is 219 g/mol. The van der Waals surface area contributed by atoms with Crippen LogP contribution in [0.1, 0.15) is 20.3 Å². The summed E-state index contributed by atoms with van der Waals surface area (Å²) in [7, 11) is 3.16. The van der Waals surface area contributed by atoms with Gasteiger partial charge in [-0.1, -0.05) is 0 Å². The molecule has 0 aliphatic carbocycles. The predicted octanol–water partition coefficient (Wildman–Crippen LogP) is 0.491. The van der Waals surface area contributed by atoms with Crippen LogP contribution in [0.25, 0.3) is 0 Å². The van der Waals surface area contributed by atoms with Crippen molar-refractivity contribution < 1.29 is 19.4 Å². The molecule has 5 heteroatoms. The summed E-state index contributed by atoms with van der Waals surface area (Å²) in [6.07, 6.45) is 0.419. The van der Waals surface area contributed by atoms with E-state index in [0.29, 0.717) is 19.6 Å². The molecule has 0 fully saturated rings.